The summed E-state index contributed by atoms with van der Waals surface area (Å²) in [7, 11) is 0. The summed E-state index contributed by atoms with van der Waals surface area (Å²) in [6, 6.07) is 0.333. The normalized spacial score (nSPS) is 12.3. The van der Waals surface area contributed by atoms with Crippen molar-refractivity contribution >= 4 is 5.97 Å². The van der Waals surface area contributed by atoms with Gasteiger partial charge in [0.2, 0.25) is 0 Å². The molecule has 11 heteroatoms. The highest BCUT2D eigenvalue weighted by Crippen LogP contribution is 2.35. The molecule has 1 aromatic heterocycles. The van der Waals surface area contributed by atoms with Crippen LogP contribution >= 0.6 is 0 Å². The summed E-state index contributed by atoms with van der Waals surface area (Å²) in [5.41, 5.74) is 1.69. The summed E-state index contributed by atoms with van der Waals surface area (Å²) in [6.07, 6.45) is -11.4. The standard InChI is InChI=1S/C10H8F6N2O3/c11-9(12,13)8-4(2-7(19)20)1-6(5(3-17)18-8)21-10(14,15)16/h1H,2-3,17H2,(H,19,20). The average molecular weight is 318 g/mol. The lowest BCUT2D eigenvalue weighted by atomic mass is 10.1. The molecule has 1 heterocycles. The summed E-state index contributed by atoms with van der Waals surface area (Å²) in [5.74, 6) is -2.73. The van der Waals surface area contributed by atoms with Gasteiger partial charge in [0.15, 0.2) is 5.75 Å². The van der Waals surface area contributed by atoms with Gasteiger partial charge in [-0.25, -0.2) is 4.98 Å². The Bertz CT molecular complexity index is 541. The number of rotatable bonds is 4. The molecule has 118 valence electrons. The molecule has 5 nitrogen and oxygen atoms in total. The summed E-state index contributed by atoms with van der Waals surface area (Å²) >= 11 is 0. The van der Waals surface area contributed by atoms with E-state index < -0.39 is 54.2 Å². The first-order chi connectivity index (χ1) is 9.44. The maximum Gasteiger partial charge on any atom is 0.573 e. The first-order valence-electron chi connectivity index (χ1n) is 5.21. The second-order valence-electron chi connectivity index (χ2n) is 3.76. The predicted molar refractivity (Wildman–Crippen MR) is 55.2 cm³/mol. The minimum atomic E-state index is -5.17. The number of alkyl halides is 6. The van der Waals surface area contributed by atoms with E-state index in [1.807, 2.05) is 0 Å². The number of halogens is 6. The number of aliphatic carboxylic acids is 1. The fourth-order valence-corrected chi connectivity index (χ4v) is 1.47. The van der Waals surface area contributed by atoms with Gasteiger partial charge in [-0.1, -0.05) is 0 Å². The predicted octanol–water partition coefficient (Wildman–Crippen LogP) is 2.08. The molecule has 0 aliphatic heterocycles. The van der Waals surface area contributed by atoms with Crippen molar-refractivity contribution in [3.63, 3.8) is 0 Å². The zero-order valence-electron chi connectivity index (χ0n) is 10.0. The van der Waals surface area contributed by atoms with Gasteiger partial charge in [-0.3, -0.25) is 4.79 Å². The van der Waals surface area contributed by atoms with Gasteiger partial charge in [-0.2, -0.15) is 13.2 Å². The van der Waals surface area contributed by atoms with Gasteiger partial charge >= 0.3 is 18.5 Å². The van der Waals surface area contributed by atoms with Crippen LogP contribution in [0.2, 0.25) is 0 Å². The summed E-state index contributed by atoms with van der Waals surface area (Å²) in [5, 5.41) is 8.52. The molecule has 1 rings (SSSR count). The fourth-order valence-electron chi connectivity index (χ4n) is 1.47. The van der Waals surface area contributed by atoms with Crippen LogP contribution in [0.4, 0.5) is 26.3 Å². The van der Waals surface area contributed by atoms with Crippen LogP contribution in [0.25, 0.3) is 0 Å². The molecule has 21 heavy (non-hydrogen) atoms. The quantitative estimate of drug-likeness (QED) is 0.830. The smallest absolute Gasteiger partial charge is 0.481 e. The molecule has 0 bridgehead atoms. The Morgan fingerprint density at radius 2 is 1.86 bits per heavy atom. The molecule has 0 aliphatic carbocycles. The number of hydrogen-bond acceptors (Lipinski definition) is 4. The van der Waals surface area contributed by atoms with E-state index in [0.717, 1.165) is 0 Å². The zero-order chi connectivity index (χ0) is 16.4. The topological polar surface area (TPSA) is 85.4 Å². The number of hydrogen-bond donors (Lipinski definition) is 2. The lowest BCUT2D eigenvalue weighted by Crippen LogP contribution is -2.22. The molecule has 0 amide bonds. The Kier molecular flexibility index (Phi) is 4.66. The maximum absolute atomic E-state index is 12.7. The zero-order valence-corrected chi connectivity index (χ0v) is 10.0. The van der Waals surface area contributed by atoms with Crippen LogP contribution in [0.5, 0.6) is 5.75 Å². The van der Waals surface area contributed by atoms with Crippen LogP contribution in [0.15, 0.2) is 6.07 Å². The lowest BCUT2D eigenvalue weighted by molar-refractivity contribution is -0.275. The first-order valence-corrected chi connectivity index (χ1v) is 5.21. The third kappa shape index (κ3) is 4.77. The molecule has 1 aromatic rings. The van der Waals surface area contributed by atoms with Crippen molar-refractivity contribution in [3.8, 4) is 5.75 Å². The maximum atomic E-state index is 12.7. The van der Waals surface area contributed by atoms with E-state index in [2.05, 4.69) is 9.72 Å². The number of ether oxygens (including phenoxy) is 1. The molecule has 0 spiro atoms. The van der Waals surface area contributed by atoms with Crippen LogP contribution < -0.4 is 10.5 Å². The van der Waals surface area contributed by atoms with Crippen LogP contribution in [0.3, 0.4) is 0 Å². The summed E-state index contributed by atoms with van der Waals surface area (Å²) in [4.78, 5) is 13.5. The highest BCUT2D eigenvalue weighted by molar-refractivity contribution is 5.71. The van der Waals surface area contributed by atoms with Gasteiger partial charge < -0.3 is 15.6 Å². The second kappa shape index (κ2) is 5.76. The van der Waals surface area contributed by atoms with Gasteiger partial charge in [0.1, 0.15) is 5.69 Å². The number of carboxylic acids is 1. The van der Waals surface area contributed by atoms with Gasteiger partial charge in [-0.15, -0.1) is 13.2 Å². The highest BCUT2D eigenvalue weighted by atomic mass is 19.4. The Morgan fingerprint density at radius 3 is 2.24 bits per heavy atom. The number of pyridine rings is 1. The van der Waals surface area contributed by atoms with Gasteiger partial charge in [-0.05, 0) is 11.6 Å². The van der Waals surface area contributed by atoms with E-state index in [0.29, 0.717) is 6.07 Å². The molecule has 0 atom stereocenters. The Hall–Kier alpha value is -2.04. The van der Waals surface area contributed by atoms with Crippen molar-refractivity contribution in [3.05, 3.63) is 23.0 Å². The van der Waals surface area contributed by atoms with Crippen LogP contribution in [0, 0.1) is 0 Å². The van der Waals surface area contributed by atoms with Crippen molar-refractivity contribution in [2.45, 2.75) is 25.5 Å². The monoisotopic (exact) mass is 318 g/mol. The molecular formula is C10H8F6N2O3. The fraction of sp³-hybridized carbons (Fsp3) is 0.400. The third-order valence-electron chi connectivity index (χ3n) is 2.17. The van der Waals surface area contributed by atoms with E-state index in [4.69, 9.17) is 10.8 Å². The van der Waals surface area contributed by atoms with Crippen molar-refractivity contribution in [1.82, 2.24) is 4.98 Å². The molecule has 0 unspecified atom stereocenters. The summed E-state index contributed by atoms with van der Waals surface area (Å²) in [6.45, 7) is -0.748. The van der Waals surface area contributed by atoms with Crippen molar-refractivity contribution in [2.75, 3.05) is 0 Å². The minimum Gasteiger partial charge on any atom is -0.481 e. The second-order valence-corrected chi connectivity index (χ2v) is 3.76. The number of aromatic nitrogens is 1. The Labute approximate surface area is 113 Å². The SMILES string of the molecule is NCc1nc(C(F)(F)F)c(CC(=O)O)cc1OC(F)(F)F. The Morgan fingerprint density at radius 1 is 1.29 bits per heavy atom. The summed E-state index contributed by atoms with van der Waals surface area (Å²) < 4.78 is 78.2. The molecule has 0 aliphatic rings. The van der Waals surface area contributed by atoms with Crippen molar-refractivity contribution in [2.24, 2.45) is 5.73 Å². The molecule has 0 radical (unpaired) electrons. The van der Waals surface area contributed by atoms with Gasteiger partial charge in [0, 0.05) is 6.54 Å². The minimum absolute atomic E-state index is 0.333. The van der Waals surface area contributed by atoms with Crippen LogP contribution in [-0.4, -0.2) is 22.4 Å². The number of nitrogens with zero attached hydrogens (tertiary/aromatic N) is 1. The highest BCUT2D eigenvalue weighted by Gasteiger charge is 2.38. The molecule has 0 fully saturated rings. The molecule has 0 saturated carbocycles. The molecular weight excluding hydrogens is 310 g/mol. The largest absolute Gasteiger partial charge is 0.573 e. The number of carbonyl (C=O) groups is 1. The number of carboxylic acid groups (broad SMARTS) is 1. The average Bonchev–Trinajstić information content (AvgIpc) is 2.24. The van der Waals surface area contributed by atoms with Gasteiger partial charge in [0.05, 0.1) is 12.1 Å². The van der Waals surface area contributed by atoms with Gasteiger partial charge in [0.25, 0.3) is 0 Å². The van der Waals surface area contributed by atoms with Crippen LogP contribution in [0.1, 0.15) is 17.0 Å². The van der Waals surface area contributed by atoms with Crippen molar-refractivity contribution < 1.29 is 41.0 Å². The van der Waals surface area contributed by atoms with E-state index >= 15 is 0 Å². The van der Waals surface area contributed by atoms with E-state index in [-0.39, 0.29) is 0 Å². The number of nitrogens with two attached hydrogens (primary N) is 1. The van der Waals surface area contributed by atoms with E-state index in [9.17, 15) is 31.1 Å². The molecule has 0 aromatic carbocycles. The van der Waals surface area contributed by atoms with Crippen LogP contribution in [-0.2, 0) is 23.9 Å². The van der Waals surface area contributed by atoms with E-state index in [1.165, 1.54) is 0 Å². The molecule has 0 saturated heterocycles. The molecule has 3 N–H and O–H groups in total. The lowest BCUT2D eigenvalue weighted by Gasteiger charge is -2.17. The Balaban J connectivity index is 3.44. The first kappa shape index (κ1) is 17.0. The van der Waals surface area contributed by atoms with Crippen molar-refractivity contribution in [1.29, 1.82) is 0 Å². The van der Waals surface area contributed by atoms with E-state index in [1.54, 1.807) is 0 Å². The third-order valence-corrected chi connectivity index (χ3v) is 2.17.